The van der Waals surface area contributed by atoms with E-state index in [1.54, 1.807) is 0 Å². The van der Waals surface area contributed by atoms with Gasteiger partial charge in [-0.3, -0.25) is 9.69 Å². The number of benzene rings is 1. The van der Waals surface area contributed by atoms with Crippen LogP contribution < -0.4 is 5.32 Å². The number of nitrogens with zero attached hydrogens (tertiary/aromatic N) is 1. The second kappa shape index (κ2) is 6.77. The highest BCUT2D eigenvalue weighted by Gasteiger charge is 2.27. The number of carbonyl (C=O) groups is 1. The fraction of sp³-hybridized carbons (Fsp3) is 0.562. The van der Waals surface area contributed by atoms with Crippen LogP contribution in [0.15, 0.2) is 12.1 Å². The number of nitrogens with one attached hydrogen (secondary N) is 1. The second-order valence-electron chi connectivity index (χ2n) is 6.01. The number of hydrogen-bond donors (Lipinski definition) is 2. The molecule has 0 saturated carbocycles. The first-order valence-electron chi connectivity index (χ1n) is 7.34. The summed E-state index contributed by atoms with van der Waals surface area (Å²) in [6.07, 6.45) is 0.627. The van der Waals surface area contributed by atoms with Crippen molar-refractivity contribution < 1.29 is 9.90 Å². The third kappa shape index (κ3) is 4.19. The van der Waals surface area contributed by atoms with Crippen molar-refractivity contribution in [3.63, 3.8) is 0 Å². The van der Waals surface area contributed by atoms with Crippen LogP contribution in [0.1, 0.15) is 24.5 Å². The lowest BCUT2D eigenvalue weighted by Crippen LogP contribution is -2.32. The minimum absolute atomic E-state index is 0.0601. The number of aliphatic hydroxyl groups excluding tert-OH is 1. The Morgan fingerprint density at radius 2 is 2.24 bits per heavy atom. The molecule has 1 heterocycles. The molecule has 0 aromatic heterocycles. The van der Waals surface area contributed by atoms with E-state index in [1.165, 1.54) is 0 Å². The van der Waals surface area contributed by atoms with Gasteiger partial charge in [0.15, 0.2) is 0 Å². The Bertz CT molecular complexity index is 508. The molecule has 1 aromatic carbocycles. The summed E-state index contributed by atoms with van der Waals surface area (Å²) in [7, 11) is 0. The lowest BCUT2D eigenvalue weighted by Gasteiger charge is -2.18. The van der Waals surface area contributed by atoms with E-state index in [1.807, 2.05) is 32.9 Å². The zero-order valence-electron chi connectivity index (χ0n) is 12.8. The third-order valence-electron chi connectivity index (χ3n) is 4.05. The monoisotopic (exact) mass is 310 g/mol. The number of aliphatic hydroxyl groups is 1. The molecule has 1 fully saturated rings. The summed E-state index contributed by atoms with van der Waals surface area (Å²) in [5, 5.41) is 13.1. The summed E-state index contributed by atoms with van der Waals surface area (Å²) in [6, 6.07) is 3.85. The number of aryl methyl sites for hydroxylation is 2. The Labute approximate surface area is 131 Å². The Morgan fingerprint density at radius 3 is 2.81 bits per heavy atom. The Balaban J connectivity index is 1.94. The summed E-state index contributed by atoms with van der Waals surface area (Å²) in [5.74, 6) is 0.206. The maximum Gasteiger partial charge on any atom is 0.238 e. The molecule has 2 N–H and O–H groups in total. The van der Waals surface area contributed by atoms with E-state index in [2.05, 4.69) is 10.2 Å². The van der Waals surface area contributed by atoms with Crippen LogP contribution in [0, 0.1) is 19.8 Å². The molecule has 2 atom stereocenters. The molecule has 1 amide bonds. The molecule has 5 heteroatoms. The van der Waals surface area contributed by atoms with E-state index in [0.29, 0.717) is 17.3 Å². The van der Waals surface area contributed by atoms with Crippen LogP contribution >= 0.6 is 11.6 Å². The van der Waals surface area contributed by atoms with Gasteiger partial charge in [-0.05, 0) is 56.8 Å². The summed E-state index contributed by atoms with van der Waals surface area (Å²) in [6.45, 7) is 7.69. The van der Waals surface area contributed by atoms with Gasteiger partial charge in [0, 0.05) is 6.54 Å². The van der Waals surface area contributed by atoms with E-state index in [0.717, 1.165) is 30.6 Å². The molecule has 0 bridgehead atoms. The van der Waals surface area contributed by atoms with Gasteiger partial charge in [-0.1, -0.05) is 17.7 Å². The van der Waals surface area contributed by atoms with Crippen molar-refractivity contribution in [2.24, 2.45) is 5.92 Å². The van der Waals surface area contributed by atoms with Gasteiger partial charge in [0.05, 0.1) is 23.4 Å². The van der Waals surface area contributed by atoms with Crippen LogP contribution in [-0.2, 0) is 4.79 Å². The Kier molecular flexibility index (Phi) is 5.25. The van der Waals surface area contributed by atoms with Crippen LogP contribution in [0.3, 0.4) is 0 Å². The van der Waals surface area contributed by atoms with Gasteiger partial charge in [0.2, 0.25) is 5.91 Å². The average molecular weight is 311 g/mol. The van der Waals surface area contributed by atoms with Gasteiger partial charge in [0.1, 0.15) is 0 Å². The summed E-state index contributed by atoms with van der Waals surface area (Å²) < 4.78 is 0. The Hall–Kier alpha value is -1.10. The molecule has 1 aromatic rings. The van der Waals surface area contributed by atoms with E-state index in [9.17, 15) is 9.90 Å². The largest absolute Gasteiger partial charge is 0.393 e. The predicted molar refractivity (Wildman–Crippen MR) is 85.8 cm³/mol. The quantitative estimate of drug-likeness (QED) is 0.899. The van der Waals surface area contributed by atoms with Gasteiger partial charge >= 0.3 is 0 Å². The lowest BCUT2D eigenvalue weighted by atomic mass is 10.0. The molecular formula is C16H23ClN2O2. The van der Waals surface area contributed by atoms with E-state index in [-0.39, 0.29) is 17.9 Å². The third-order valence-corrected chi connectivity index (χ3v) is 4.35. The smallest absolute Gasteiger partial charge is 0.238 e. The van der Waals surface area contributed by atoms with Crippen molar-refractivity contribution >= 4 is 23.2 Å². The maximum atomic E-state index is 12.2. The average Bonchev–Trinajstić information content (AvgIpc) is 2.82. The van der Waals surface area contributed by atoms with Gasteiger partial charge in [0.25, 0.3) is 0 Å². The first-order valence-corrected chi connectivity index (χ1v) is 7.71. The molecule has 2 unspecified atom stereocenters. The van der Waals surface area contributed by atoms with Gasteiger partial charge in [-0.15, -0.1) is 0 Å². The number of likely N-dealkylation sites (tertiary alicyclic amines) is 1. The van der Waals surface area contributed by atoms with Crippen molar-refractivity contribution in [3.05, 3.63) is 28.3 Å². The van der Waals surface area contributed by atoms with Crippen LogP contribution in [0.2, 0.25) is 5.02 Å². The fourth-order valence-corrected chi connectivity index (χ4v) is 3.22. The zero-order chi connectivity index (χ0) is 15.6. The molecule has 21 heavy (non-hydrogen) atoms. The molecule has 1 saturated heterocycles. The van der Waals surface area contributed by atoms with Crippen molar-refractivity contribution in [2.45, 2.75) is 33.3 Å². The highest BCUT2D eigenvalue weighted by atomic mass is 35.5. The first-order chi connectivity index (χ1) is 9.86. The van der Waals surface area contributed by atoms with Gasteiger partial charge < -0.3 is 10.4 Å². The molecule has 2 rings (SSSR count). The molecule has 1 aliphatic rings. The van der Waals surface area contributed by atoms with Crippen molar-refractivity contribution in [3.8, 4) is 0 Å². The molecule has 4 nitrogen and oxygen atoms in total. The number of halogens is 1. The number of hydrogen-bond acceptors (Lipinski definition) is 3. The van der Waals surface area contributed by atoms with E-state index in [4.69, 9.17) is 11.6 Å². The standard InChI is InChI=1S/C16H23ClN2O2/c1-10-6-11(2)16(14(17)7-10)18-15(21)9-19-5-4-13(8-19)12(3)20/h6-7,12-13,20H,4-5,8-9H2,1-3H3,(H,18,21). The van der Waals surface area contributed by atoms with Crippen LogP contribution in [0.25, 0.3) is 0 Å². The predicted octanol–water partition coefficient (Wildman–Crippen LogP) is 2.60. The minimum atomic E-state index is -0.313. The number of carbonyl (C=O) groups excluding carboxylic acids is 1. The second-order valence-corrected chi connectivity index (χ2v) is 6.42. The summed E-state index contributed by atoms with van der Waals surface area (Å²) in [4.78, 5) is 14.2. The first kappa shape index (κ1) is 16.3. The van der Waals surface area contributed by atoms with E-state index >= 15 is 0 Å². The molecule has 0 spiro atoms. The van der Waals surface area contributed by atoms with Crippen LogP contribution in [0.5, 0.6) is 0 Å². The Morgan fingerprint density at radius 1 is 1.52 bits per heavy atom. The SMILES string of the molecule is Cc1cc(C)c(NC(=O)CN2CCC(C(C)O)C2)c(Cl)c1. The van der Waals surface area contributed by atoms with Crippen LogP contribution in [-0.4, -0.2) is 41.7 Å². The molecule has 0 aliphatic carbocycles. The molecule has 116 valence electrons. The van der Waals surface area contributed by atoms with Crippen LogP contribution in [0.4, 0.5) is 5.69 Å². The highest BCUT2D eigenvalue weighted by molar-refractivity contribution is 6.34. The number of rotatable bonds is 4. The fourth-order valence-electron chi connectivity index (χ4n) is 2.86. The highest BCUT2D eigenvalue weighted by Crippen LogP contribution is 2.27. The summed E-state index contributed by atoms with van der Waals surface area (Å²) in [5.41, 5.74) is 2.74. The van der Waals surface area contributed by atoms with Gasteiger partial charge in [-0.2, -0.15) is 0 Å². The normalized spacial score (nSPS) is 20.5. The number of amides is 1. The molecular weight excluding hydrogens is 288 g/mol. The van der Waals surface area contributed by atoms with E-state index < -0.39 is 0 Å². The molecule has 0 radical (unpaired) electrons. The topological polar surface area (TPSA) is 52.6 Å². The van der Waals surface area contributed by atoms with Crippen molar-refractivity contribution in [2.75, 3.05) is 25.0 Å². The summed E-state index contributed by atoms with van der Waals surface area (Å²) >= 11 is 6.20. The minimum Gasteiger partial charge on any atom is -0.393 e. The van der Waals surface area contributed by atoms with Crippen molar-refractivity contribution in [1.29, 1.82) is 0 Å². The lowest BCUT2D eigenvalue weighted by molar-refractivity contribution is -0.117. The van der Waals surface area contributed by atoms with Gasteiger partial charge in [-0.25, -0.2) is 0 Å². The maximum absolute atomic E-state index is 12.2. The van der Waals surface area contributed by atoms with Crippen molar-refractivity contribution in [1.82, 2.24) is 4.90 Å². The zero-order valence-corrected chi connectivity index (χ0v) is 13.6. The molecule has 1 aliphatic heterocycles. The number of anilines is 1.